The Labute approximate surface area is 177 Å². The van der Waals surface area contributed by atoms with Crippen LogP contribution < -0.4 is 4.31 Å². The first-order valence-electron chi connectivity index (χ1n) is 9.76. The van der Waals surface area contributed by atoms with Crippen LogP contribution in [0.25, 0.3) is 11.4 Å². The molecule has 30 heavy (non-hydrogen) atoms. The molecule has 3 rings (SSSR count). The predicted molar refractivity (Wildman–Crippen MR) is 116 cm³/mol. The molecule has 0 aliphatic rings. The van der Waals surface area contributed by atoms with Crippen LogP contribution in [0.5, 0.6) is 0 Å². The van der Waals surface area contributed by atoms with E-state index in [-0.39, 0.29) is 16.6 Å². The van der Waals surface area contributed by atoms with Gasteiger partial charge in [-0.25, -0.2) is 12.8 Å². The molecule has 8 heteroatoms. The van der Waals surface area contributed by atoms with E-state index >= 15 is 0 Å². The number of nitrogens with zero attached hydrogens (tertiary/aromatic N) is 4. The number of rotatable bonds is 5. The van der Waals surface area contributed by atoms with Crippen molar-refractivity contribution in [3.63, 3.8) is 0 Å². The van der Waals surface area contributed by atoms with Gasteiger partial charge in [0.1, 0.15) is 11.6 Å². The molecule has 0 aliphatic carbocycles. The molecule has 0 atom stereocenters. The molecule has 0 amide bonds. The van der Waals surface area contributed by atoms with Crippen molar-refractivity contribution >= 4 is 15.7 Å². The lowest BCUT2D eigenvalue weighted by molar-refractivity contribution is 0.534. The smallest absolute Gasteiger partial charge is 0.264 e. The Balaban J connectivity index is 2.33. The van der Waals surface area contributed by atoms with Gasteiger partial charge in [0.15, 0.2) is 5.82 Å². The highest BCUT2D eigenvalue weighted by Crippen LogP contribution is 2.39. The van der Waals surface area contributed by atoms with Crippen molar-refractivity contribution in [2.75, 3.05) is 4.31 Å². The van der Waals surface area contributed by atoms with Crippen molar-refractivity contribution in [2.45, 2.75) is 58.0 Å². The van der Waals surface area contributed by atoms with Crippen LogP contribution >= 0.6 is 0 Å². The lowest BCUT2D eigenvalue weighted by Gasteiger charge is -2.37. The first-order valence-corrected chi connectivity index (χ1v) is 11.2. The van der Waals surface area contributed by atoms with Crippen LogP contribution in [0.3, 0.4) is 0 Å². The maximum atomic E-state index is 14.4. The lowest BCUT2D eigenvalue weighted by atomic mass is 10.1. The van der Waals surface area contributed by atoms with Gasteiger partial charge in [-0.2, -0.15) is 0 Å². The summed E-state index contributed by atoms with van der Waals surface area (Å²) in [5.41, 5.74) is -0.143. The average Bonchev–Trinajstić information content (AvgIpc) is 3.03. The van der Waals surface area contributed by atoms with E-state index < -0.39 is 21.4 Å². The van der Waals surface area contributed by atoms with Crippen LogP contribution in [-0.4, -0.2) is 28.7 Å². The van der Waals surface area contributed by atoms with E-state index in [4.69, 9.17) is 0 Å². The molecular formula is C22H27FN4O2S. The maximum absolute atomic E-state index is 14.4. The van der Waals surface area contributed by atoms with Gasteiger partial charge >= 0.3 is 0 Å². The van der Waals surface area contributed by atoms with E-state index in [2.05, 4.69) is 10.2 Å². The Morgan fingerprint density at radius 1 is 1.03 bits per heavy atom. The van der Waals surface area contributed by atoms with E-state index in [0.717, 1.165) is 0 Å². The summed E-state index contributed by atoms with van der Waals surface area (Å²) in [5.74, 6) is 0.664. The van der Waals surface area contributed by atoms with Gasteiger partial charge in [-0.15, -0.1) is 10.2 Å². The SMILES string of the molecule is Cc1nnc(-c2ccc(F)cc2N(C(C)(C)C)S(=O)(=O)c2ccccc2)n1C(C)C. The Kier molecular flexibility index (Phi) is 5.73. The summed E-state index contributed by atoms with van der Waals surface area (Å²) in [6, 6.07) is 12.3. The molecular weight excluding hydrogens is 403 g/mol. The number of aromatic nitrogens is 3. The largest absolute Gasteiger partial charge is 0.309 e. The molecule has 0 radical (unpaired) electrons. The molecule has 3 aromatic rings. The Morgan fingerprint density at radius 2 is 1.67 bits per heavy atom. The number of benzene rings is 2. The van der Waals surface area contributed by atoms with Crippen LogP contribution in [0.15, 0.2) is 53.4 Å². The summed E-state index contributed by atoms with van der Waals surface area (Å²) in [6.45, 7) is 11.2. The van der Waals surface area contributed by atoms with Crippen LogP contribution in [0.4, 0.5) is 10.1 Å². The second-order valence-corrected chi connectivity index (χ2v) is 10.2. The molecule has 0 saturated carbocycles. The van der Waals surface area contributed by atoms with Gasteiger partial charge in [-0.1, -0.05) is 18.2 Å². The summed E-state index contributed by atoms with van der Waals surface area (Å²) in [6.07, 6.45) is 0. The number of sulfonamides is 1. The highest BCUT2D eigenvalue weighted by molar-refractivity contribution is 7.93. The Bertz CT molecular complexity index is 1150. The van der Waals surface area contributed by atoms with E-state index in [1.54, 1.807) is 45.0 Å². The standard InChI is InChI=1S/C22H27FN4O2S/c1-15(2)26-16(3)24-25-21(26)19-13-12-17(23)14-20(19)27(22(4,5)6)30(28,29)18-10-8-7-9-11-18/h7-15H,1-6H3. The van der Waals surface area contributed by atoms with Gasteiger partial charge in [0.05, 0.1) is 10.6 Å². The molecule has 160 valence electrons. The summed E-state index contributed by atoms with van der Waals surface area (Å²) >= 11 is 0. The fourth-order valence-electron chi connectivity index (χ4n) is 3.58. The first-order chi connectivity index (χ1) is 13.9. The molecule has 0 unspecified atom stereocenters. The highest BCUT2D eigenvalue weighted by Gasteiger charge is 2.37. The fraction of sp³-hybridized carbons (Fsp3) is 0.364. The topological polar surface area (TPSA) is 68.1 Å². The molecule has 6 nitrogen and oxygen atoms in total. The molecule has 0 spiro atoms. The van der Waals surface area contributed by atoms with Gasteiger partial charge in [0, 0.05) is 17.1 Å². The summed E-state index contributed by atoms with van der Waals surface area (Å²) in [5, 5.41) is 8.46. The minimum Gasteiger partial charge on any atom is -0.309 e. The van der Waals surface area contributed by atoms with E-state index in [1.807, 2.05) is 25.3 Å². The lowest BCUT2D eigenvalue weighted by Crippen LogP contribution is -2.46. The molecule has 2 aromatic carbocycles. The Hall–Kier alpha value is -2.74. The van der Waals surface area contributed by atoms with E-state index in [9.17, 15) is 12.8 Å². The minimum absolute atomic E-state index is 0.0433. The zero-order valence-corrected chi connectivity index (χ0v) is 18.9. The average molecular weight is 431 g/mol. The van der Waals surface area contributed by atoms with Crippen LogP contribution in [0.1, 0.15) is 46.5 Å². The van der Waals surface area contributed by atoms with Gasteiger partial charge in [0.2, 0.25) is 0 Å². The van der Waals surface area contributed by atoms with Gasteiger partial charge < -0.3 is 4.57 Å². The predicted octanol–water partition coefficient (Wildman–Crippen LogP) is 4.97. The minimum atomic E-state index is -3.98. The van der Waals surface area contributed by atoms with Crippen LogP contribution in [-0.2, 0) is 10.0 Å². The van der Waals surface area contributed by atoms with Crippen molar-refractivity contribution in [2.24, 2.45) is 0 Å². The normalized spacial score (nSPS) is 12.4. The summed E-state index contributed by atoms with van der Waals surface area (Å²) in [7, 11) is -3.98. The molecule has 0 bridgehead atoms. The summed E-state index contributed by atoms with van der Waals surface area (Å²) < 4.78 is 44.9. The van der Waals surface area contributed by atoms with Crippen molar-refractivity contribution in [3.8, 4) is 11.4 Å². The molecule has 0 saturated heterocycles. The number of hydrogen-bond donors (Lipinski definition) is 0. The number of halogens is 1. The number of aryl methyl sites for hydroxylation is 1. The third-order valence-electron chi connectivity index (χ3n) is 4.69. The Morgan fingerprint density at radius 3 is 2.23 bits per heavy atom. The monoisotopic (exact) mass is 430 g/mol. The summed E-state index contributed by atoms with van der Waals surface area (Å²) in [4.78, 5) is 0.136. The van der Waals surface area contributed by atoms with Gasteiger partial charge in [-0.3, -0.25) is 4.31 Å². The zero-order valence-electron chi connectivity index (χ0n) is 18.1. The van der Waals surface area contributed by atoms with Crippen molar-refractivity contribution in [3.05, 3.63) is 60.2 Å². The molecule has 0 fully saturated rings. The van der Waals surface area contributed by atoms with Crippen molar-refractivity contribution in [1.82, 2.24) is 14.8 Å². The van der Waals surface area contributed by atoms with Crippen molar-refractivity contribution in [1.29, 1.82) is 0 Å². The molecule has 0 N–H and O–H groups in total. The second-order valence-electron chi connectivity index (χ2n) is 8.45. The van der Waals surface area contributed by atoms with E-state index in [0.29, 0.717) is 17.2 Å². The zero-order chi connectivity index (χ0) is 22.3. The van der Waals surface area contributed by atoms with Crippen LogP contribution in [0.2, 0.25) is 0 Å². The van der Waals surface area contributed by atoms with E-state index in [1.165, 1.54) is 28.6 Å². The maximum Gasteiger partial charge on any atom is 0.264 e. The van der Waals surface area contributed by atoms with Crippen LogP contribution in [0, 0.1) is 12.7 Å². The fourth-order valence-corrected chi connectivity index (χ4v) is 5.43. The first kappa shape index (κ1) is 22.0. The van der Waals surface area contributed by atoms with Crippen molar-refractivity contribution < 1.29 is 12.8 Å². The highest BCUT2D eigenvalue weighted by atomic mass is 32.2. The third-order valence-corrected chi connectivity index (χ3v) is 6.79. The molecule has 0 aliphatic heterocycles. The number of hydrogen-bond acceptors (Lipinski definition) is 4. The molecule has 1 aromatic heterocycles. The molecule has 1 heterocycles. The van der Waals surface area contributed by atoms with Gasteiger partial charge in [-0.05, 0) is 71.9 Å². The number of anilines is 1. The quantitative estimate of drug-likeness (QED) is 0.573. The van der Waals surface area contributed by atoms with Gasteiger partial charge in [0.25, 0.3) is 10.0 Å². The third kappa shape index (κ3) is 3.96. The second kappa shape index (κ2) is 7.83.